The van der Waals surface area contributed by atoms with Crippen molar-refractivity contribution in [3.63, 3.8) is 0 Å². The first-order valence-electron chi connectivity index (χ1n) is 8.47. The van der Waals surface area contributed by atoms with E-state index in [0.717, 1.165) is 27.9 Å². The van der Waals surface area contributed by atoms with Crippen molar-refractivity contribution < 1.29 is 14.3 Å². The molecule has 0 amide bonds. The van der Waals surface area contributed by atoms with E-state index in [9.17, 15) is 9.59 Å². The lowest BCUT2D eigenvalue weighted by molar-refractivity contribution is -0.124. The summed E-state index contributed by atoms with van der Waals surface area (Å²) in [6.07, 6.45) is 1.31. The SMILES string of the molecule is Cc1nn(Cc2ccccc2Cl)c2sc(C(=O)O[C@@H]3CCCC3=O)cc12. The Labute approximate surface area is 159 Å². The Hall–Kier alpha value is -2.18. The van der Waals surface area contributed by atoms with Crippen molar-refractivity contribution in [3.05, 3.63) is 51.5 Å². The van der Waals surface area contributed by atoms with Gasteiger partial charge in [0.15, 0.2) is 11.9 Å². The first-order valence-corrected chi connectivity index (χ1v) is 9.66. The van der Waals surface area contributed by atoms with E-state index in [1.807, 2.05) is 35.9 Å². The molecule has 0 unspecified atom stereocenters. The number of benzene rings is 1. The molecule has 0 bridgehead atoms. The quantitative estimate of drug-likeness (QED) is 0.622. The number of ketones is 1. The van der Waals surface area contributed by atoms with Crippen LogP contribution in [0.4, 0.5) is 0 Å². The number of carbonyl (C=O) groups excluding carboxylic acids is 2. The van der Waals surface area contributed by atoms with Gasteiger partial charge in [-0.1, -0.05) is 29.8 Å². The van der Waals surface area contributed by atoms with Gasteiger partial charge in [0.2, 0.25) is 0 Å². The Morgan fingerprint density at radius 2 is 2.23 bits per heavy atom. The van der Waals surface area contributed by atoms with Gasteiger partial charge in [-0.15, -0.1) is 11.3 Å². The van der Waals surface area contributed by atoms with E-state index >= 15 is 0 Å². The lowest BCUT2D eigenvalue weighted by Gasteiger charge is -2.08. The first kappa shape index (κ1) is 17.2. The average Bonchev–Trinajstić information content (AvgIpc) is 3.29. The van der Waals surface area contributed by atoms with Gasteiger partial charge in [-0.05, 0) is 37.5 Å². The van der Waals surface area contributed by atoms with Crippen molar-refractivity contribution in [2.75, 3.05) is 0 Å². The minimum Gasteiger partial charge on any atom is -0.450 e. The van der Waals surface area contributed by atoms with Gasteiger partial charge < -0.3 is 4.74 Å². The molecule has 7 heteroatoms. The number of esters is 1. The van der Waals surface area contributed by atoms with Crippen molar-refractivity contribution >= 4 is 44.9 Å². The second kappa shape index (κ2) is 6.85. The number of hydrogen-bond acceptors (Lipinski definition) is 5. The van der Waals surface area contributed by atoms with E-state index < -0.39 is 12.1 Å². The smallest absolute Gasteiger partial charge is 0.349 e. The molecule has 3 aromatic rings. The summed E-state index contributed by atoms with van der Waals surface area (Å²) in [4.78, 5) is 25.5. The molecule has 1 aliphatic carbocycles. The number of aryl methyl sites for hydroxylation is 1. The molecule has 1 atom stereocenters. The Balaban J connectivity index is 1.62. The molecule has 0 saturated heterocycles. The molecule has 0 aliphatic heterocycles. The standard InChI is InChI=1S/C19H17ClN2O3S/c1-11-13-9-17(19(24)25-16-8-4-7-15(16)23)26-18(13)22(21-11)10-12-5-2-3-6-14(12)20/h2-3,5-6,9,16H,4,7-8,10H2,1H3/t16-/m1/s1. The average molecular weight is 389 g/mol. The highest BCUT2D eigenvalue weighted by Crippen LogP contribution is 2.31. The highest BCUT2D eigenvalue weighted by Gasteiger charge is 2.29. The number of hydrogen-bond donors (Lipinski definition) is 0. The third-order valence-corrected chi connectivity index (χ3v) is 6.08. The molecular weight excluding hydrogens is 372 g/mol. The molecule has 0 radical (unpaired) electrons. The highest BCUT2D eigenvalue weighted by atomic mass is 35.5. The number of aromatic nitrogens is 2. The van der Waals surface area contributed by atoms with Crippen LogP contribution in [0.5, 0.6) is 0 Å². The normalized spacial score (nSPS) is 17.2. The summed E-state index contributed by atoms with van der Waals surface area (Å²) >= 11 is 7.59. The molecule has 4 rings (SSSR count). The van der Waals surface area contributed by atoms with Crippen LogP contribution in [0.1, 0.15) is 40.2 Å². The predicted octanol–water partition coefficient (Wildman–Crippen LogP) is 4.39. The van der Waals surface area contributed by atoms with E-state index in [1.165, 1.54) is 11.3 Å². The lowest BCUT2D eigenvalue weighted by Crippen LogP contribution is -2.21. The minimum absolute atomic E-state index is 0.0144. The number of thiophene rings is 1. The van der Waals surface area contributed by atoms with E-state index in [0.29, 0.717) is 29.3 Å². The van der Waals surface area contributed by atoms with Crippen LogP contribution in [0.15, 0.2) is 30.3 Å². The van der Waals surface area contributed by atoms with Crippen LogP contribution in [0, 0.1) is 6.92 Å². The van der Waals surface area contributed by atoms with Crippen LogP contribution in [0.25, 0.3) is 10.2 Å². The fourth-order valence-electron chi connectivity index (χ4n) is 3.20. The summed E-state index contributed by atoms with van der Waals surface area (Å²) in [5.74, 6) is -0.421. The van der Waals surface area contributed by atoms with Crippen LogP contribution < -0.4 is 0 Å². The van der Waals surface area contributed by atoms with Crippen molar-refractivity contribution in [2.24, 2.45) is 0 Å². The van der Waals surface area contributed by atoms with Gasteiger partial charge in [-0.25, -0.2) is 4.79 Å². The number of nitrogens with zero attached hydrogens (tertiary/aromatic N) is 2. The molecule has 2 heterocycles. The molecule has 1 aliphatic rings. The van der Waals surface area contributed by atoms with Crippen molar-refractivity contribution in [2.45, 2.75) is 38.8 Å². The van der Waals surface area contributed by atoms with Crippen LogP contribution in [0.2, 0.25) is 5.02 Å². The second-order valence-corrected chi connectivity index (χ2v) is 7.85. The molecule has 1 aromatic carbocycles. The van der Waals surface area contributed by atoms with Gasteiger partial charge in [0.25, 0.3) is 0 Å². The Morgan fingerprint density at radius 3 is 2.96 bits per heavy atom. The Morgan fingerprint density at radius 1 is 1.42 bits per heavy atom. The second-order valence-electron chi connectivity index (χ2n) is 6.42. The number of fused-ring (bicyclic) bond motifs is 1. The number of carbonyl (C=O) groups is 2. The Kier molecular flexibility index (Phi) is 4.54. The van der Waals surface area contributed by atoms with Crippen LogP contribution >= 0.6 is 22.9 Å². The maximum Gasteiger partial charge on any atom is 0.349 e. The molecule has 0 spiro atoms. The third kappa shape index (κ3) is 3.15. The largest absolute Gasteiger partial charge is 0.450 e. The molecular formula is C19H17ClN2O3S. The summed E-state index contributed by atoms with van der Waals surface area (Å²) in [7, 11) is 0. The van der Waals surface area contributed by atoms with E-state index in [-0.39, 0.29) is 5.78 Å². The summed E-state index contributed by atoms with van der Waals surface area (Å²) in [5.41, 5.74) is 1.81. The topological polar surface area (TPSA) is 61.2 Å². The number of Topliss-reactive ketones (excluding diaryl/α,β-unsaturated/α-hetero) is 1. The zero-order valence-electron chi connectivity index (χ0n) is 14.2. The zero-order chi connectivity index (χ0) is 18.3. The fraction of sp³-hybridized carbons (Fsp3) is 0.316. The van der Waals surface area contributed by atoms with E-state index in [2.05, 4.69) is 5.10 Å². The monoisotopic (exact) mass is 388 g/mol. The Bertz CT molecular complexity index is 1010. The van der Waals surface area contributed by atoms with Crippen molar-refractivity contribution in [1.29, 1.82) is 0 Å². The molecule has 2 aromatic heterocycles. The third-order valence-electron chi connectivity index (χ3n) is 4.58. The summed E-state index contributed by atoms with van der Waals surface area (Å²) in [6, 6.07) is 9.43. The van der Waals surface area contributed by atoms with E-state index in [4.69, 9.17) is 16.3 Å². The summed E-state index contributed by atoms with van der Waals surface area (Å²) in [5, 5.41) is 6.17. The number of ether oxygens (including phenoxy) is 1. The zero-order valence-corrected chi connectivity index (χ0v) is 15.8. The van der Waals surface area contributed by atoms with Crippen molar-refractivity contribution in [3.8, 4) is 0 Å². The molecule has 1 saturated carbocycles. The van der Waals surface area contributed by atoms with Gasteiger partial charge in [-0.3, -0.25) is 9.48 Å². The van der Waals surface area contributed by atoms with Crippen LogP contribution in [-0.4, -0.2) is 27.6 Å². The number of halogens is 1. The van der Waals surface area contributed by atoms with Gasteiger partial charge in [0.05, 0.1) is 12.2 Å². The van der Waals surface area contributed by atoms with Crippen LogP contribution in [-0.2, 0) is 16.1 Å². The predicted molar refractivity (Wildman–Crippen MR) is 101 cm³/mol. The van der Waals surface area contributed by atoms with Gasteiger partial charge in [-0.2, -0.15) is 5.10 Å². The van der Waals surface area contributed by atoms with Gasteiger partial charge in [0.1, 0.15) is 9.71 Å². The summed E-state index contributed by atoms with van der Waals surface area (Å²) in [6.45, 7) is 2.44. The number of rotatable bonds is 4. The minimum atomic E-state index is -0.589. The van der Waals surface area contributed by atoms with Gasteiger partial charge in [0, 0.05) is 16.8 Å². The van der Waals surface area contributed by atoms with Gasteiger partial charge >= 0.3 is 5.97 Å². The van der Waals surface area contributed by atoms with Crippen molar-refractivity contribution in [1.82, 2.24) is 9.78 Å². The molecule has 26 heavy (non-hydrogen) atoms. The molecule has 0 N–H and O–H groups in total. The molecule has 1 fully saturated rings. The maximum atomic E-state index is 12.4. The van der Waals surface area contributed by atoms with E-state index in [1.54, 1.807) is 6.07 Å². The first-order chi connectivity index (χ1) is 12.5. The summed E-state index contributed by atoms with van der Waals surface area (Å²) < 4.78 is 7.25. The van der Waals surface area contributed by atoms with Crippen LogP contribution in [0.3, 0.4) is 0 Å². The highest BCUT2D eigenvalue weighted by molar-refractivity contribution is 7.20. The maximum absolute atomic E-state index is 12.4. The lowest BCUT2D eigenvalue weighted by atomic mass is 10.2. The molecule has 134 valence electrons. The molecule has 5 nitrogen and oxygen atoms in total. The fourth-order valence-corrected chi connectivity index (χ4v) is 4.44.